The minimum Gasteiger partial charge on any atom is -0.330 e. The molecule has 12 heteroatoms. The maximum absolute atomic E-state index is 11.5. The fraction of sp³-hybridized carbons (Fsp3) is 0.154. The summed E-state index contributed by atoms with van der Waals surface area (Å²) in [6.07, 6.45) is 16.0. The average Bonchev–Trinajstić information content (AvgIpc) is 3.50. The van der Waals surface area contributed by atoms with E-state index in [4.69, 9.17) is 4.84 Å². The molecule has 6 aromatic heterocycles. The quantitative estimate of drug-likeness (QED) is 0.112. The van der Waals surface area contributed by atoms with Gasteiger partial charge in [0.05, 0.1) is 11.4 Å². The van der Waals surface area contributed by atoms with Gasteiger partial charge in [-0.2, -0.15) is 4.57 Å². The average molecular weight is 770 g/mol. The Kier molecular flexibility index (Phi) is 17.6. The normalized spacial score (nSPS) is 11.3. The van der Waals surface area contributed by atoms with Gasteiger partial charge in [0.1, 0.15) is 12.7 Å². The first-order valence-corrected chi connectivity index (χ1v) is 16.0. The van der Waals surface area contributed by atoms with Gasteiger partial charge in [0, 0.05) is 94.3 Å². The van der Waals surface area contributed by atoms with Gasteiger partial charge in [0.25, 0.3) is 11.8 Å². The molecular formula is C39H38N7O4Ru+. The van der Waals surface area contributed by atoms with Crippen molar-refractivity contribution in [3.8, 4) is 22.8 Å². The molecule has 1 fully saturated rings. The molecule has 51 heavy (non-hydrogen) atoms. The van der Waals surface area contributed by atoms with Crippen molar-refractivity contribution in [3.63, 3.8) is 0 Å². The van der Waals surface area contributed by atoms with Crippen molar-refractivity contribution in [2.24, 2.45) is 7.05 Å². The Morgan fingerprint density at radius 2 is 1.16 bits per heavy atom. The van der Waals surface area contributed by atoms with Crippen LogP contribution in [0.1, 0.15) is 31.2 Å². The molecule has 1 aliphatic heterocycles. The van der Waals surface area contributed by atoms with Crippen molar-refractivity contribution < 1.29 is 43.3 Å². The predicted molar refractivity (Wildman–Crippen MR) is 187 cm³/mol. The summed E-state index contributed by atoms with van der Waals surface area (Å²) in [5.41, 5.74) is 5.04. The van der Waals surface area contributed by atoms with Crippen LogP contribution in [0, 0.1) is 0 Å². The minimum absolute atomic E-state index is 0. The number of nitrogens with zero attached hydrogens (tertiary/aromatic N) is 7. The third kappa shape index (κ3) is 14.3. The number of rotatable bonds is 7. The summed E-state index contributed by atoms with van der Waals surface area (Å²) < 4.78 is 2.06. The van der Waals surface area contributed by atoms with E-state index < -0.39 is 17.8 Å². The third-order valence-electron chi connectivity index (χ3n) is 6.94. The molecule has 0 bridgehead atoms. The van der Waals surface area contributed by atoms with E-state index in [1.165, 1.54) is 0 Å². The van der Waals surface area contributed by atoms with Crippen molar-refractivity contribution in [1.29, 1.82) is 0 Å². The maximum atomic E-state index is 11.5. The summed E-state index contributed by atoms with van der Waals surface area (Å²) in [5, 5.41) is 0.578. The standard InChI is InChI=1S/C13H14N2O4.C11H11N2.C10H8N2.C5H5N.Ru/c16-11-4-5-12(17)15(11)19-13(18)3-1-2-10-6-8-14-9-7-10;1-13-9-5-3-7-11(13)10-6-2-4-8-12-10;1-3-7-11-9(5-1)10-6-2-4-8-12-10;1-2-4-6-5-3-1;/h6-9H,1-5H2;2-9H,1H3;1-8H;1-5H;/q;+1;;;. The Bertz CT molecular complexity index is 1790. The second-order valence-electron chi connectivity index (χ2n) is 10.6. The number of pyridine rings is 6. The molecule has 11 nitrogen and oxygen atoms in total. The van der Waals surface area contributed by atoms with E-state index in [-0.39, 0.29) is 38.7 Å². The molecule has 1 aliphatic rings. The fourth-order valence-electron chi connectivity index (χ4n) is 4.44. The molecule has 0 atom stereocenters. The summed E-state index contributed by atoms with van der Waals surface area (Å²) in [6, 6.07) is 33.1. The summed E-state index contributed by atoms with van der Waals surface area (Å²) in [7, 11) is 2.02. The fourth-order valence-corrected chi connectivity index (χ4v) is 4.44. The number of imide groups is 1. The predicted octanol–water partition coefficient (Wildman–Crippen LogP) is 5.81. The van der Waals surface area contributed by atoms with E-state index >= 15 is 0 Å². The van der Waals surface area contributed by atoms with Crippen LogP contribution >= 0.6 is 0 Å². The molecule has 7 heterocycles. The van der Waals surface area contributed by atoms with E-state index in [9.17, 15) is 14.4 Å². The van der Waals surface area contributed by atoms with Crippen molar-refractivity contribution in [2.75, 3.05) is 0 Å². The minimum atomic E-state index is -0.558. The number of aryl methyl sites for hydroxylation is 2. The molecule has 0 saturated carbocycles. The van der Waals surface area contributed by atoms with Gasteiger partial charge in [-0.3, -0.25) is 29.5 Å². The zero-order valence-electron chi connectivity index (χ0n) is 28.1. The van der Waals surface area contributed by atoms with Crippen LogP contribution in [0.15, 0.2) is 153 Å². The van der Waals surface area contributed by atoms with E-state index in [0.717, 1.165) is 34.8 Å². The number of carbonyl (C=O) groups excluding carboxylic acids is 3. The Labute approximate surface area is 310 Å². The summed E-state index contributed by atoms with van der Waals surface area (Å²) in [6.45, 7) is 0. The second-order valence-corrected chi connectivity index (χ2v) is 10.6. The molecule has 0 unspecified atom stereocenters. The van der Waals surface area contributed by atoms with E-state index in [1.54, 1.807) is 37.2 Å². The number of aromatic nitrogens is 6. The molecule has 260 valence electrons. The van der Waals surface area contributed by atoms with Crippen LogP contribution in [0.4, 0.5) is 0 Å². The Morgan fingerprint density at radius 3 is 1.63 bits per heavy atom. The van der Waals surface area contributed by atoms with Gasteiger partial charge in [0.2, 0.25) is 5.69 Å². The molecular weight excluding hydrogens is 732 g/mol. The van der Waals surface area contributed by atoms with Crippen molar-refractivity contribution in [2.45, 2.75) is 32.1 Å². The largest absolute Gasteiger partial charge is 0.333 e. The van der Waals surface area contributed by atoms with Crippen molar-refractivity contribution in [3.05, 3.63) is 158 Å². The van der Waals surface area contributed by atoms with Crippen LogP contribution in [0.5, 0.6) is 0 Å². The first kappa shape index (κ1) is 39.6. The Hall–Kier alpha value is -5.87. The first-order chi connectivity index (χ1) is 24.5. The topological polar surface area (TPSA) is 132 Å². The zero-order valence-corrected chi connectivity index (χ0v) is 29.8. The molecule has 0 radical (unpaired) electrons. The SMILES string of the molecule is C[n+]1ccccc1-c1ccccn1.O=C(CCCc1ccncc1)ON1C(=O)CCC1=O.[Ru].c1ccc(-c2ccccn2)nc1.c1ccncc1. The molecule has 0 aromatic carbocycles. The number of amides is 2. The molecule has 0 spiro atoms. The van der Waals surface area contributed by atoms with Crippen molar-refractivity contribution in [1.82, 2.24) is 30.0 Å². The smallest absolute Gasteiger partial charge is 0.330 e. The van der Waals surface area contributed by atoms with Gasteiger partial charge in [-0.15, -0.1) is 5.06 Å². The molecule has 0 N–H and O–H groups in total. The van der Waals surface area contributed by atoms with Crippen LogP contribution in [-0.4, -0.2) is 47.8 Å². The van der Waals surface area contributed by atoms with Gasteiger partial charge < -0.3 is 4.84 Å². The molecule has 0 aliphatic carbocycles. The van der Waals surface area contributed by atoms with Crippen molar-refractivity contribution >= 4 is 17.8 Å². The van der Waals surface area contributed by atoms with E-state index in [2.05, 4.69) is 35.6 Å². The molecule has 2 amide bonds. The van der Waals surface area contributed by atoms with Gasteiger partial charge in [-0.1, -0.05) is 24.3 Å². The number of hydrogen-bond donors (Lipinski definition) is 0. The molecule has 6 aromatic rings. The third-order valence-corrected chi connectivity index (χ3v) is 6.94. The zero-order chi connectivity index (χ0) is 35.2. The van der Waals surface area contributed by atoms with Crippen LogP contribution in [0.25, 0.3) is 22.8 Å². The number of hydrogen-bond acceptors (Lipinski definition) is 9. The van der Waals surface area contributed by atoms with E-state index in [1.807, 2.05) is 117 Å². The molecule has 7 rings (SSSR count). The summed E-state index contributed by atoms with van der Waals surface area (Å²) in [5.74, 6) is -1.46. The van der Waals surface area contributed by atoms with Gasteiger partial charge >= 0.3 is 5.97 Å². The van der Waals surface area contributed by atoms with E-state index in [0.29, 0.717) is 11.5 Å². The number of carbonyl (C=O) groups is 3. The summed E-state index contributed by atoms with van der Waals surface area (Å²) >= 11 is 0. The maximum Gasteiger partial charge on any atom is 0.333 e. The number of hydroxylamine groups is 2. The van der Waals surface area contributed by atoms with Gasteiger partial charge in [-0.05, 0) is 85.1 Å². The van der Waals surface area contributed by atoms with Gasteiger partial charge in [0.15, 0.2) is 6.20 Å². The van der Waals surface area contributed by atoms with Gasteiger partial charge in [-0.25, -0.2) is 9.78 Å². The van der Waals surface area contributed by atoms with Crippen LogP contribution in [0.3, 0.4) is 0 Å². The Balaban J connectivity index is 0.000000193. The monoisotopic (exact) mass is 770 g/mol. The van der Waals surface area contributed by atoms with Crippen LogP contribution in [-0.2, 0) is 52.2 Å². The second kappa shape index (κ2) is 22.7. The summed E-state index contributed by atoms with van der Waals surface area (Å²) in [4.78, 5) is 59.1. The van der Waals surface area contributed by atoms with Crippen LogP contribution in [0.2, 0.25) is 0 Å². The van der Waals surface area contributed by atoms with Crippen LogP contribution < -0.4 is 4.57 Å². The first-order valence-electron chi connectivity index (χ1n) is 16.0. The molecule has 1 saturated heterocycles. The Morgan fingerprint density at radius 1 is 0.647 bits per heavy atom.